The molecule has 0 saturated carbocycles. The van der Waals surface area contributed by atoms with Crippen molar-refractivity contribution < 1.29 is 23.6 Å². The fourth-order valence-electron chi connectivity index (χ4n) is 3.55. The fraction of sp³-hybridized carbons (Fsp3) is 0.208. The molecule has 7 nitrogen and oxygen atoms in total. The van der Waals surface area contributed by atoms with E-state index in [2.05, 4.69) is 0 Å². The van der Waals surface area contributed by atoms with Gasteiger partial charge in [-0.2, -0.15) is 4.57 Å². The molecule has 0 unspecified atom stereocenters. The van der Waals surface area contributed by atoms with Gasteiger partial charge in [-0.05, 0) is 36.4 Å². The number of benzene rings is 2. The molecule has 2 heterocycles. The van der Waals surface area contributed by atoms with Crippen molar-refractivity contribution in [3.8, 4) is 28.6 Å². The van der Waals surface area contributed by atoms with Crippen LogP contribution < -0.4 is 18.8 Å². The van der Waals surface area contributed by atoms with Crippen molar-refractivity contribution in [2.45, 2.75) is 6.54 Å². The molecule has 0 bridgehead atoms. The van der Waals surface area contributed by atoms with E-state index < -0.39 is 0 Å². The van der Waals surface area contributed by atoms with Crippen molar-refractivity contribution >= 4 is 16.8 Å². The molecular formula is C24H24N3O4+. The van der Waals surface area contributed by atoms with Crippen molar-refractivity contribution in [2.75, 3.05) is 21.3 Å². The summed E-state index contributed by atoms with van der Waals surface area (Å²) in [5.41, 5.74) is 3.25. The average molecular weight is 418 g/mol. The minimum Gasteiger partial charge on any atom is -0.497 e. The molecule has 0 aliphatic carbocycles. The summed E-state index contributed by atoms with van der Waals surface area (Å²) >= 11 is 0. The number of aromatic nitrogens is 3. The third kappa shape index (κ3) is 3.94. The zero-order valence-electron chi connectivity index (χ0n) is 18.0. The van der Waals surface area contributed by atoms with Gasteiger partial charge in [-0.3, -0.25) is 4.79 Å². The van der Waals surface area contributed by atoms with Crippen molar-refractivity contribution in [3.63, 3.8) is 0 Å². The Hall–Kier alpha value is -3.87. The van der Waals surface area contributed by atoms with E-state index in [9.17, 15) is 4.79 Å². The number of ketones is 1. The summed E-state index contributed by atoms with van der Waals surface area (Å²) in [4.78, 5) is 17.5. The van der Waals surface area contributed by atoms with E-state index in [1.165, 1.54) is 0 Å². The quantitative estimate of drug-likeness (QED) is 0.340. The lowest BCUT2D eigenvalue weighted by atomic mass is 10.1. The van der Waals surface area contributed by atoms with Crippen molar-refractivity contribution in [3.05, 3.63) is 66.5 Å². The smallest absolute Gasteiger partial charge is 0.227 e. The molecule has 2 aromatic heterocycles. The van der Waals surface area contributed by atoms with E-state index in [1.54, 1.807) is 45.6 Å². The van der Waals surface area contributed by atoms with Gasteiger partial charge in [0.05, 0.1) is 32.4 Å². The summed E-state index contributed by atoms with van der Waals surface area (Å²) in [6.45, 7) is 0.222. The molecule has 7 heteroatoms. The Labute approximate surface area is 180 Å². The van der Waals surface area contributed by atoms with Crippen LogP contribution in [-0.4, -0.2) is 36.7 Å². The molecule has 0 N–H and O–H groups in total. The first-order valence-corrected chi connectivity index (χ1v) is 9.79. The van der Waals surface area contributed by atoms with Crippen LogP contribution in [0.25, 0.3) is 22.4 Å². The predicted molar refractivity (Wildman–Crippen MR) is 117 cm³/mol. The Morgan fingerprint density at radius 2 is 1.68 bits per heavy atom. The van der Waals surface area contributed by atoms with Crippen LogP contribution >= 0.6 is 0 Å². The monoisotopic (exact) mass is 418 g/mol. The molecule has 4 rings (SSSR count). The summed E-state index contributed by atoms with van der Waals surface area (Å²) in [6, 6.07) is 14.7. The zero-order valence-corrected chi connectivity index (χ0v) is 18.0. The highest BCUT2D eigenvalue weighted by Crippen LogP contribution is 2.33. The van der Waals surface area contributed by atoms with E-state index in [4.69, 9.17) is 19.2 Å². The zero-order chi connectivity index (χ0) is 22.0. The number of rotatable bonds is 7. The summed E-state index contributed by atoms with van der Waals surface area (Å²) in [7, 11) is 6.81. The standard InChI is InChI=1S/C24H24N3O4/c1-26-21-11-12-27(15-22(28)16-5-7-17(29-2)8-6-16)14-20(21)25-24(26)19-10-9-18(30-3)13-23(19)31-4/h5-14H,15H2,1-4H3/q+1. The second-order valence-electron chi connectivity index (χ2n) is 7.10. The van der Waals surface area contributed by atoms with Crippen molar-refractivity contribution in [1.29, 1.82) is 0 Å². The number of hydrogen-bond donors (Lipinski definition) is 0. The van der Waals surface area contributed by atoms with Crippen LogP contribution in [0.1, 0.15) is 10.4 Å². The summed E-state index contributed by atoms with van der Waals surface area (Å²) in [5, 5.41) is 0. The maximum Gasteiger partial charge on any atom is 0.227 e. The Morgan fingerprint density at radius 3 is 2.35 bits per heavy atom. The summed E-state index contributed by atoms with van der Waals surface area (Å²) < 4.78 is 19.8. The Balaban J connectivity index is 1.65. The van der Waals surface area contributed by atoms with Gasteiger partial charge in [0, 0.05) is 24.7 Å². The number of pyridine rings is 1. The van der Waals surface area contributed by atoms with Gasteiger partial charge in [-0.15, -0.1) is 0 Å². The highest BCUT2D eigenvalue weighted by atomic mass is 16.5. The molecular weight excluding hydrogens is 394 g/mol. The molecule has 0 atom stereocenters. The third-order valence-corrected chi connectivity index (χ3v) is 5.27. The lowest BCUT2D eigenvalue weighted by Crippen LogP contribution is -2.37. The number of carbonyl (C=O) groups excluding carboxylic acids is 1. The minimum absolute atomic E-state index is 0.0139. The first-order chi connectivity index (χ1) is 15.0. The fourth-order valence-corrected chi connectivity index (χ4v) is 3.55. The highest BCUT2D eigenvalue weighted by molar-refractivity contribution is 5.95. The van der Waals surface area contributed by atoms with E-state index in [-0.39, 0.29) is 12.3 Å². The van der Waals surface area contributed by atoms with Gasteiger partial charge in [0.15, 0.2) is 17.9 Å². The second kappa shape index (κ2) is 8.47. The number of hydrogen-bond acceptors (Lipinski definition) is 5. The number of Topliss-reactive ketones (excluding diaryl/α,β-unsaturated/α-hetero) is 1. The molecule has 0 amide bonds. The van der Waals surface area contributed by atoms with Gasteiger partial charge in [-0.1, -0.05) is 0 Å². The largest absolute Gasteiger partial charge is 0.497 e. The average Bonchev–Trinajstić information content (AvgIpc) is 3.14. The van der Waals surface area contributed by atoms with Crippen LogP contribution in [0.2, 0.25) is 0 Å². The van der Waals surface area contributed by atoms with Crippen LogP contribution in [0.15, 0.2) is 60.9 Å². The number of methoxy groups -OCH3 is 3. The molecule has 0 saturated heterocycles. The molecule has 158 valence electrons. The lowest BCUT2D eigenvalue weighted by molar-refractivity contribution is -0.681. The number of ether oxygens (including phenoxy) is 3. The SMILES string of the molecule is COc1ccc(C(=O)C[n+]2ccc3c(c2)nc(-c2ccc(OC)cc2OC)n3C)cc1. The maximum absolute atomic E-state index is 12.7. The van der Waals surface area contributed by atoms with E-state index >= 15 is 0 Å². The molecule has 4 aromatic rings. The molecule has 0 spiro atoms. The lowest BCUT2D eigenvalue weighted by Gasteiger charge is -2.10. The molecule has 0 aliphatic rings. The topological polar surface area (TPSA) is 66.5 Å². The van der Waals surface area contributed by atoms with Crippen LogP contribution in [0.5, 0.6) is 17.2 Å². The normalized spacial score (nSPS) is 10.8. The van der Waals surface area contributed by atoms with Gasteiger partial charge in [0.2, 0.25) is 12.3 Å². The highest BCUT2D eigenvalue weighted by Gasteiger charge is 2.19. The first kappa shape index (κ1) is 20.4. The minimum atomic E-state index is 0.0139. The van der Waals surface area contributed by atoms with Crippen LogP contribution in [0.4, 0.5) is 0 Å². The van der Waals surface area contributed by atoms with Crippen molar-refractivity contribution in [2.24, 2.45) is 7.05 Å². The van der Waals surface area contributed by atoms with Crippen LogP contribution in [-0.2, 0) is 13.6 Å². The summed E-state index contributed by atoms with van der Waals surface area (Å²) in [6.07, 6.45) is 3.77. The molecule has 31 heavy (non-hydrogen) atoms. The number of imidazole rings is 1. The van der Waals surface area contributed by atoms with Gasteiger partial charge >= 0.3 is 0 Å². The van der Waals surface area contributed by atoms with Crippen LogP contribution in [0.3, 0.4) is 0 Å². The molecule has 0 radical (unpaired) electrons. The number of fused-ring (bicyclic) bond motifs is 1. The summed E-state index contributed by atoms with van der Waals surface area (Å²) in [5.74, 6) is 2.91. The van der Waals surface area contributed by atoms with Gasteiger partial charge in [0.1, 0.15) is 23.1 Å². The first-order valence-electron chi connectivity index (χ1n) is 9.79. The Bertz CT molecular complexity index is 1250. The third-order valence-electron chi connectivity index (χ3n) is 5.27. The number of carbonyl (C=O) groups is 1. The Kier molecular flexibility index (Phi) is 5.58. The molecule has 0 fully saturated rings. The van der Waals surface area contributed by atoms with Crippen LogP contribution in [0, 0.1) is 0 Å². The van der Waals surface area contributed by atoms with Crippen molar-refractivity contribution in [1.82, 2.24) is 9.55 Å². The van der Waals surface area contributed by atoms with E-state index in [1.807, 2.05) is 52.8 Å². The van der Waals surface area contributed by atoms with E-state index in [0.717, 1.165) is 28.2 Å². The Morgan fingerprint density at radius 1 is 0.968 bits per heavy atom. The van der Waals surface area contributed by atoms with E-state index in [0.29, 0.717) is 17.1 Å². The van der Waals surface area contributed by atoms with Gasteiger partial charge in [-0.25, -0.2) is 4.98 Å². The van der Waals surface area contributed by atoms with Gasteiger partial charge in [0.25, 0.3) is 0 Å². The second-order valence-corrected chi connectivity index (χ2v) is 7.10. The maximum atomic E-state index is 12.7. The number of nitrogens with zero attached hydrogens (tertiary/aromatic N) is 3. The number of aryl methyl sites for hydroxylation is 1. The predicted octanol–water partition coefficient (Wildman–Crippen LogP) is 3.44. The van der Waals surface area contributed by atoms with Gasteiger partial charge < -0.3 is 18.8 Å². The molecule has 2 aromatic carbocycles. The molecule has 0 aliphatic heterocycles.